The second-order valence-corrected chi connectivity index (χ2v) is 5.43. The van der Waals surface area contributed by atoms with Crippen LogP contribution in [0, 0.1) is 3.57 Å². The molecule has 0 aliphatic rings. The summed E-state index contributed by atoms with van der Waals surface area (Å²) in [6.45, 7) is 1.80. The average Bonchev–Trinajstić information content (AvgIpc) is 2.30. The van der Waals surface area contributed by atoms with Gasteiger partial charge in [0, 0.05) is 8.59 Å². The first kappa shape index (κ1) is 15.0. The smallest absolute Gasteiger partial charge is 0.252 e. The Bertz CT molecular complexity index is 422. The number of aliphatic hydroxyl groups excluding tert-OH is 1. The minimum atomic E-state index is -0.278. The second-order valence-electron chi connectivity index (χ2n) is 3.51. The van der Waals surface area contributed by atoms with Crippen LogP contribution in [0.1, 0.15) is 23.7 Å². The first-order valence-electron chi connectivity index (χ1n) is 5.05. The lowest BCUT2D eigenvalue weighted by Gasteiger charge is -2.15. The molecule has 0 heterocycles. The van der Waals surface area contributed by atoms with Crippen LogP contribution in [0.5, 0.6) is 0 Å². The Morgan fingerprint density at radius 2 is 2.18 bits per heavy atom. The fraction of sp³-hybridized carbons (Fsp3) is 0.364. The molecule has 1 aromatic rings. The Morgan fingerprint density at radius 1 is 1.53 bits per heavy atom. The van der Waals surface area contributed by atoms with Crippen molar-refractivity contribution in [3.63, 3.8) is 0 Å². The molecule has 2 N–H and O–H groups in total. The highest BCUT2D eigenvalue weighted by atomic mass is 127. The van der Waals surface area contributed by atoms with Crippen LogP contribution in [-0.2, 0) is 0 Å². The van der Waals surface area contributed by atoms with E-state index in [2.05, 4.69) is 5.32 Å². The van der Waals surface area contributed by atoms with Crippen LogP contribution < -0.4 is 5.32 Å². The molecule has 0 fully saturated rings. The number of carbonyl (C=O) groups excluding carboxylic acids is 1. The van der Waals surface area contributed by atoms with Crippen molar-refractivity contribution in [3.8, 4) is 0 Å². The molecule has 0 aliphatic heterocycles. The van der Waals surface area contributed by atoms with E-state index in [0.29, 0.717) is 25.6 Å². The molecule has 0 radical (unpaired) electrons. The zero-order valence-corrected chi connectivity index (χ0v) is 12.8. The summed E-state index contributed by atoms with van der Waals surface area (Å²) in [5.41, 5.74) is 0.426. The Balaban J connectivity index is 2.96. The van der Waals surface area contributed by atoms with E-state index in [1.54, 1.807) is 12.1 Å². The largest absolute Gasteiger partial charge is 0.394 e. The van der Waals surface area contributed by atoms with Crippen LogP contribution in [0.25, 0.3) is 0 Å². The summed E-state index contributed by atoms with van der Waals surface area (Å²) in [4.78, 5) is 12.0. The first-order valence-corrected chi connectivity index (χ1v) is 6.89. The predicted octanol–water partition coefficient (Wildman–Crippen LogP) is 3.10. The van der Waals surface area contributed by atoms with E-state index in [1.165, 1.54) is 0 Å². The highest BCUT2D eigenvalue weighted by Gasteiger charge is 2.16. The molecular weight excluding hydrogens is 376 g/mol. The van der Waals surface area contributed by atoms with Crippen molar-refractivity contribution >= 4 is 51.7 Å². The fourth-order valence-corrected chi connectivity index (χ4v) is 2.31. The van der Waals surface area contributed by atoms with E-state index < -0.39 is 0 Å². The topological polar surface area (TPSA) is 49.3 Å². The maximum Gasteiger partial charge on any atom is 0.252 e. The molecule has 6 heteroatoms. The van der Waals surface area contributed by atoms with Crippen molar-refractivity contribution < 1.29 is 9.90 Å². The number of hydrogen-bond acceptors (Lipinski definition) is 2. The third kappa shape index (κ3) is 3.98. The second kappa shape index (κ2) is 6.78. The van der Waals surface area contributed by atoms with Gasteiger partial charge in [0.05, 0.1) is 23.2 Å². The molecular formula is C11H12Cl2INO2. The molecule has 1 rings (SSSR count). The number of rotatable bonds is 4. The number of hydrogen-bond donors (Lipinski definition) is 2. The highest BCUT2D eigenvalue weighted by molar-refractivity contribution is 14.1. The van der Waals surface area contributed by atoms with E-state index in [0.717, 1.165) is 0 Å². The average molecular weight is 388 g/mol. The highest BCUT2D eigenvalue weighted by Crippen LogP contribution is 2.26. The number of amides is 1. The van der Waals surface area contributed by atoms with E-state index in [1.807, 2.05) is 29.5 Å². The molecule has 94 valence electrons. The predicted molar refractivity (Wildman–Crippen MR) is 77.8 cm³/mol. The normalized spacial score (nSPS) is 12.3. The van der Waals surface area contributed by atoms with Crippen LogP contribution in [0.2, 0.25) is 10.0 Å². The lowest BCUT2D eigenvalue weighted by atomic mass is 10.2. The van der Waals surface area contributed by atoms with Gasteiger partial charge in [-0.25, -0.2) is 0 Å². The van der Waals surface area contributed by atoms with Crippen LogP contribution in [0.3, 0.4) is 0 Å². The van der Waals surface area contributed by atoms with Gasteiger partial charge in [-0.3, -0.25) is 4.79 Å². The summed E-state index contributed by atoms with van der Waals surface area (Å²) in [5.74, 6) is -0.278. The minimum Gasteiger partial charge on any atom is -0.394 e. The van der Waals surface area contributed by atoms with Gasteiger partial charge >= 0.3 is 0 Å². The molecule has 1 aromatic carbocycles. The standard InChI is InChI=1S/C11H12Cl2INO2/c1-2-7(5-16)15-11(17)8-3-6(12)4-9(13)10(8)14/h3-4,7,16H,2,5H2,1H3,(H,15,17)/t7-/m0/s1. The van der Waals surface area contributed by atoms with Crippen LogP contribution in [0.4, 0.5) is 0 Å². The maximum atomic E-state index is 12.0. The minimum absolute atomic E-state index is 0.0902. The van der Waals surface area contributed by atoms with Gasteiger partial charge in [-0.1, -0.05) is 30.1 Å². The third-order valence-electron chi connectivity index (χ3n) is 2.29. The SMILES string of the molecule is CC[C@@H](CO)NC(=O)c1cc(Cl)cc(Cl)c1I. The summed E-state index contributed by atoms with van der Waals surface area (Å²) in [7, 11) is 0. The molecule has 0 aliphatic carbocycles. The molecule has 0 saturated heterocycles. The summed E-state index contributed by atoms with van der Waals surface area (Å²) < 4.78 is 0.652. The number of carbonyl (C=O) groups is 1. The van der Waals surface area contributed by atoms with Crippen molar-refractivity contribution in [1.29, 1.82) is 0 Å². The van der Waals surface area contributed by atoms with Gasteiger partial charge in [-0.15, -0.1) is 0 Å². The summed E-state index contributed by atoms with van der Waals surface area (Å²) in [6.07, 6.45) is 0.660. The van der Waals surface area contributed by atoms with Gasteiger partial charge < -0.3 is 10.4 Å². The summed E-state index contributed by atoms with van der Waals surface area (Å²) >= 11 is 13.8. The Morgan fingerprint density at radius 3 is 2.71 bits per heavy atom. The van der Waals surface area contributed by atoms with Gasteiger partial charge in [0.2, 0.25) is 0 Å². The van der Waals surface area contributed by atoms with Gasteiger partial charge in [0.1, 0.15) is 0 Å². The van der Waals surface area contributed by atoms with E-state index >= 15 is 0 Å². The van der Waals surface area contributed by atoms with Gasteiger partial charge in [0.15, 0.2) is 0 Å². The molecule has 0 spiro atoms. The monoisotopic (exact) mass is 387 g/mol. The summed E-state index contributed by atoms with van der Waals surface area (Å²) in [6, 6.07) is 2.90. The van der Waals surface area contributed by atoms with E-state index in [-0.39, 0.29) is 18.6 Å². The van der Waals surface area contributed by atoms with E-state index in [9.17, 15) is 4.79 Å². The quantitative estimate of drug-likeness (QED) is 0.616. The third-order valence-corrected chi connectivity index (χ3v) is 4.28. The van der Waals surface area contributed by atoms with Gasteiger partial charge in [-0.2, -0.15) is 0 Å². The lowest BCUT2D eigenvalue weighted by molar-refractivity contribution is 0.0914. The molecule has 1 atom stereocenters. The molecule has 17 heavy (non-hydrogen) atoms. The number of halogens is 3. The van der Waals surface area contributed by atoms with Crippen molar-refractivity contribution in [1.82, 2.24) is 5.32 Å². The Labute approximate surface area is 124 Å². The number of aliphatic hydroxyl groups is 1. The zero-order valence-electron chi connectivity index (χ0n) is 9.14. The van der Waals surface area contributed by atoms with Gasteiger partial charge in [-0.05, 0) is 41.1 Å². The molecule has 3 nitrogen and oxygen atoms in total. The van der Waals surface area contributed by atoms with Crippen molar-refractivity contribution in [2.45, 2.75) is 19.4 Å². The maximum absolute atomic E-state index is 12.0. The van der Waals surface area contributed by atoms with Crippen LogP contribution in [0.15, 0.2) is 12.1 Å². The molecule has 1 amide bonds. The Hall–Kier alpha value is -0.0400. The zero-order chi connectivity index (χ0) is 13.0. The molecule has 0 aromatic heterocycles. The fourth-order valence-electron chi connectivity index (χ4n) is 1.26. The van der Waals surface area contributed by atoms with Crippen molar-refractivity contribution in [3.05, 3.63) is 31.3 Å². The molecule has 0 saturated carbocycles. The molecule has 0 unspecified atom stereocenters. The van der Waals surface area contributed by atoms with Crippen molar-refractivity contribution in [2.75, 3.05) is 6.61 Å². The number of benzene rings is 1. The van der Waals surface area contributed by atoms with Gasteiger partial charge in [0.25, 0.3) is 5.91 Å². The summed E-state index contributed by atoms with van der Waals surface area (Å²) in [5, 5.41) is 12.6. The van der Waals surface area contributed by atoms with Crippen LogP contribution >= 0.6 is 45.8 Å². The lowest BCUT2D eigenvalue weighted by Crippen LogP contribution is -2.37. The van der Waals surface area contributed by atoms with E-state index in [4.69, 9.17) is 28.3 Å². The molecule has 0 bridgehead atoms. The Kier molecular flexibility index (Phi) is 5.99. The van der Waals surface area contributed by atoms with Crippen molar-refractivity contribution in [2.24, 2.45) is 0 Å². The first-order chi connectivity index (χ1) is 7.99. The number of nitrogens with one attached hydrogen (secondary N) is 1. The van der Waals surface area contributed by atoms with Crippen LogP contribution in [-0.4, -0.2) is 23.7 Å².